The Bertz CT molecular complexity index is 292. The van der Waals surface area contributed by atoms with Gasteiger partial charge in [-0.25, -0.2) is 9.59 Å². The van der Waals surface area contributed by atoms with Crippen molar-refractivity contribution >= 4 is 36.7 Å². The molecule has 0 unspecified atom stereocenters. The van der Waals surface area contributed by atoms with Crippen molar-refractivity contribution in [2.45, 2.75) is 0 Å². The average Bonchev–Trinajstić information content (AvgIpc) is 2.04. The fraction of sp³-hybridized carbons (Fsp3) is 0. The zero-order valence-corrected chi connectivity index (χ0v) is 7.98. The van der Waals surface area contributed by atoms with E-state index < -0.39 is 32.7 Å². The molecule has 0 spiro atoms. The van der Waals surface area contributed by atoms with Gasteiger partial charge >= 0.3 is 11.9 Å². The Morgan fingerprint density at radius 3 is 2.17 bits per heavy atom. The molecule has 1 rings (SSSR count). The molecule has 5 heteroatoms. The summed E-state index contributed by atoms with van der Waals surface area (Å²) >= 11 is -0.419. The van der Waals surface area contributed by atoms with Crippen LogP contribution in [-0.4, -0.2) is 26.2 Å². The number of hydrogen-bond acceptors (Lipinski definition) is 2. The van der Waals surface area contributed by atoms with Crippen LogP contribution in [0.2, 0.25) is 0 Å². The van der Waals surface area contributed by atoms with Crippen LogP contribution >= 0.6 is 20.7 Å². The van der Waals surface area contributed by atoms with Gasteiger partial charge in [0.05, 0.1) is 11.1 Å². The molecule has 0 fully saturated rings. The van der Waals surface area contributed by atoms with E-state index in [0.29, 0.717) is 0 Å². The summed E-state index contributed by atoms with van der Waals surface area (Å²) in [6.45, 7) is 0. The first kappa shape index (κ1) is 9.11. The molecule has 64 valence electrons. The summed E-state index contributed by atoms with van der Waals surface area (Å²) in [5.74, 6) is -2.36. The molecule has 0 aromatic heterocycles. The van der Waals surface area contributed by atoms with Crippen molar-refractivity contribution < 1.29 is 19.8 Å². The first-order chi connectivity index (χ1) is 5.63. The van der Waals surface area contributed by atoms with Crippen LogP contribution in [0.4, 0.5) is 0 Å². The average molecular weight is 280 g/mol. The monoisotopic (exact) mass is 280 g/mol. The van der Waals surface area contributed by atoms with Gasteiger partial charge in [0, 0.05) is 0 Å². The second-order valence-corrected chi connectivity index (χ2v) is 4.03. The van der Waals surface area contributed by atoms with Gasteiger partial charge in [-0.15, -0.1) is 0 Å². The van der Waals surface area contributed by atoms with E-state index in [-0.39, 0.29) is 11.1 Å². The molecule has 4 nitrogen and oxygen atoms in total. The van der Waals surface area contributed by atoms with Gasteiger partial charge in [-0.05, 0) is 14.2 Å². The third kappa shape index (κ3) is 1.79. The number of rotatable bonds is 2. The van der Waals surface area contributed by atoms with Crippen molar-refractivity contribution in [3.63, 3.8) is 0 Å². The molecular formula is C7H5IO4. The Kier molecular flexibility index (Phi) is 2.74. The summed E-state index contributed by atoms with van der Waals surface area (Å²) in [5, 5.41) is 17.2. The number of carbonyl (C=O) groups is 2. The van der Waals surface area contributed by atoms with Crippen molar-refractivity contribution in [3.05, 3.63) is 21.3 Å². The van der Waals surface area contributed by atoms with Crippen molar-refractivity contribution in [3.8, 4) is 0 Å². The predicted molar refractivity (Wildman–Crippen MR) is 51.5 cm³/mol. The zero-order chi connectivity index (χ0) is 9.14. The quantitative estimate of drug-likeness (QED) is 0.732. The fourth-order valence-corrected chi connectivity index (χ4v) is 2.43. The summed E-state index contributed by atoms with van der Waals surface area (Å²) in [5.41, 5.74) is -0.216. The van der Waals surface area contributed by atoms with E-state index in [0.717, 1.165) is 0 Å². The molecule has 0 aromatic carbocycles. The van der Waals surface area contributed by atoms with Crippen LogP contribution in [-0.2, 0) is 9.59 Å². The van der Waals surface area contributed by atoms with Gasteiger partial charge in [0.2, 0.25) is 0 Å². The van der Waals surface area contributed by atoms with Crippen molar-refractivity contribution in [2.24, 2.45) is 0 Å². The molecule has 0 saturated heterocycles. The fourth-order valence-electron chi connectivity index (χ4n) is 0.696. The minimum absolute atomic E-state index is 0.0854. The van der Waals surface area contributed by atoms with Gasteiger partial charge in [-0.3, -0.25) is 0 Å². The van der Waals surface area contributed by atoms with Crippen LogP contribution in [0.25, 0.3) is 0 Å². The second kappa shape index (κ2) is 3.61. The maximum atomic E-state index is 10.5. The summed E-state index contributed by atoms with van der Waals surface area (Å²) in [6, 6.07) is 0. The zero-order valence-electron chi connectivity index (χ0n) is 5.82. The molecular weight excluding hydrogens is 275 g/mol. The Morgan fingerprint density at radius 1 is 1.17 bits per heavy atom. The second-order valence-electron chi connectivity index (χ2n) is 1.97. The highest BCUT2D eigenvalue weighted by atomic mass is 127. The van der Waals surface area contributed by atoms with Gasteiger partial charge < -0.3 is 10.2 Å². The molecule has 2 N–H and O–H groups in total. The standard InChI is InChI=1S/C7H5IO4/c9-6(10)4-1-2-8-3-5(4)7(11)12/h1-3H,(H,9,10)(H,11,12). The van der Waals surface area contributed by atoms with E-state index in [1.165, 1.54) is 10.1 Å². The summed E-state index contributed by atoms with van der Waals surface area (Å²) in [4.78, 5) is 21.0. The molecule has 1 aliphatic heterocycles. The molecule has 0 amide bonds. The molecule has 1 aliphatic rings. The molecule has 0 saturated carbocycles. The van der Waals surface area contributed by atoms with E-state index in [9.17, 15) is 9.59 Å². The maximum Gasteiger partial charge on any atom is 0.337 e. The topological polar surface area (TPSA) is 74.6 Å². The number of hydrogen-bond donors (Lipinski definition) is 2. The third-order valence-corrected chi connectivity index (χ3v) is 2.98. The number of halogens is 1. The van der Waals surface area contributed by atoms with Crippen LogP contribution in [0.1, 0.15) is 0 Å². The van der Waals surface area contributed by atoms with Crippen molar-refractivity contribution in [1.29, 1.82) is 0 Å². The van der Waals surface area contributed by atoms with Crippen LogP contribution in [0, 0.1) is 0 Å². The molecule has 0 aromatic rings. The van der Waals surface area contributed by atoms with Crippen LogP contribution in [0.3, 0.4) is 0 Å². The lowest BCUT2D eigenvalue weighted by Crippen LogP contribution is -2.11. The number of carboxylic acid groups (broad SMARTS) is 2. The van der Waals surface area contributed by atoms with Gasteiger partial charge in [0.25, 0.3) is 0 Å². The smallest absolute Gasteiger partial charge is 0.337 e. The van der Waals surface area contributed by atoms with E-state index in [4.69, 9.17) is 10.2 Å². The highest BCUT2D eigenvalue weighted by Gasteiger charge is 2.16. The SMILES string of the molecule is O=C(O)C1=C(C(=O)O)C=IC=C1. The van der Waals surface area contributed by atoms with Gasteiger partial charge in [-0.1, -0.05) is 20.7 Å². The minimum atomic E-state index is -1.19. The lowest BCUT2D eigenvalue weighted by atomic mass is 10.1. The van der Waals surface area contributed by atoms with E-state index in [1.54, 1.807) is 4.08 Å². The Balaban J connectivity index is 3.20. The van der Waals surface area contributed by atoms with E-state index in [2.05, 4.69) is 0 Å². The van der Waals surface area contributed by atoms with Crippen LogP contribution < -0.4 is 0 Å². The highest BCUT2D eigenvalue weighted by molar-refractivity contribution is 14.2. The molecule has 0 aliphatic carbocycles. The summed E-state index contributed by atoms with van der Waals surface area (Å²) < 4.78 is 3.21. The van der Waals surface area contributed by atoms with Gasteiger partial charge in [0.15, 0.2) is 0 Å². The van der Waals surface area contributed by atoms with Gasteiger partial charge in [0.1, 0.15) is 0 Å². The Morgan fingerprint density at radius 2 is 1.75 bits per heavy atom. The molecule has 0 bridgehead atoms. The minimum Gasteiger partial charge on any atom is -0.478 e. The van der Waals surface area contributed by atoms with E-state index >= 15 is 0 Å². The highest BCUT2D eigenvalue weighted by Crippen LogP contribution is 2.16. The Hall–Kier alpha value is -0.980. The molecule has 1 heterocycles. The number of aliphatic carboxylic acids is 2. The normalized spacial score (nSPS) is 15.7. The maximum absolute atomic E-state index is 10.5. The van der Waals surface area contributed by atoms with Gasteiger partial charge in [-0.2, -0.15) is 0 Å². The first-order valence-electron chi connectivity index (χ1n) is 2.95. The largest absolute Gasteiger partial charge is 0.478 e. The summed E-state index contributed by atoms with van der Waals surface area (Å²) in [6.07, 6.45) is 1.36. The third-order valence-electron chi connectivity index (χ3n) is 1.23. The first-order valence-corrected chi connectivity index (χ1v) is 5.44. The lowest BCUT2D eigenvalue weighted by Gasteiger charge is -2.01. The molecule has 12 heavy (non-hydrogen) atoms. The van der Waals surface area contributed by atoms with Crippen LogP contribution in [0.15, 0.2) is 21.3 Å². The lowest BCUT2D eigenvalue weighted by molar-refractivity contribution is -0.135. The van der Waals surface area contributed by atoms with E-state index in [1.807, 2.05) is 0 Å². The van der Waals surface area contributed by atoms with Crippen LogP contribution in [0.5, 0.6) is 0 Å². The molecule has 0 atom stereocenters. The predicted octanol–water partition coefficient (Wildman–Crippen LogP) is 0.752. The van der Waals surface area contributed by atoms with Crippen molar-refractivity contribution in [1.82, 2.24) is 0 Å². The van der Waals surface area contributed by atoms with Crippen molar-refractivity contribution in [2.75, 3.05) is 0 Å². The number of carboxylic acids is 2. The Labute approximate surface area is 78.0 Å². The summed E-state index contributed by atoms with van der Waals surface area (Å²) in [7, 11) is 0. The molecule has 0 radical (unpaired) electrons.